The van der Waals surface area contributed by atoms with Gasteiger partial charge in [-0.05, 0) is 36.3 Å². The number of nitrogen functional groups attached to an aromatic ring is 1. The van der Waals surface area contributed by atoms with E-state index in [1.165, 1.54) is 5.56 Å². The van der Waals surface area contributed by atoms with Crippen LogP contribution in [0.2, 0.25) is 0 Å². The Morgan fingerprint density at radius 1 is 0.900 bits per heavy atom. The molecular formula is C25H23N5. The summed E-state index contributed by atoms with van der Waals surface area (Å²) in [5.41, 5.74) is 9.59. The predicted octanol–water partition coefficient (Wildman–Crippen LogP) is 4.53. The Morgan fingerprint density at radius 3 is 2.10 bits per heavy atom. The van der Waals surface area contributed by atoms with Crippen LogP contribution in [0.25, 0.3) is 11.1 Å². The minimum atomic E-state index is 0.178. The minimum Gasteiger partial charge on any atom is -0.383 e. The number of benzene rings is 2. The highest BCUT2D eigenvalue weighted by atomic mass is 15.2. The van der Waals surface area contributed by atoms with Crippen molar-refractivity contribution in [3.05, 3.63) is 77.4 Å². The van der Waals surface area contributed by atoms with Gasteiger partial charge in [0.05, 0.1) is 0 Å². The summed E-state index contributed by atoms with van der Waals surface area (Å²) in [6.45, 7) is 1.64. The van der Waals surface area contributed by atoms with Crippen molar-refractivity contribution in [2.24, 2.45) is 5.92 Å². The fourth-order valence-electron chi connectivity index (χ4n) is 4.23. The van der Waals surface area contributed by atoms with E-state index in [1.807, 2.05) is 36.4 Å². The second-order valence-electron chi connectivity index (χ2n) is 7.66. The van der Waals surface area contributed by atoms with Crippen LogP contribution in [0.3, 0.4) is 0 Å². The average molecular weight is 393 g/mol. The lowest BCUT2D eigenvalue weighted by atomic mass is 9.89. The van der Waals surface area contributed by atoms with E-state index >= 15 is 0 Å². The van der Waals surface area contributed by atoms with Crippen LogP contribution in [-0.2, 0) is 6.42 Å². The van der Waals surface area contributed by atoms with E-state index in [9.17, 15) is 10.5 Å². The molecule has 0 atom stereocenters. The normalized spacial score (nSPS) is 14.1. The average Bonchev–Trinajstić information content (AvgIpc) is 2.80. The van der Waals surface area contributed by atoms with E-state index < -0.39 is 0 Å². The third-order valence-corrected chi connectivity index (χ3v) is 5.77. The molecule has 3 aromatic rings. The van der Waals surface area contributed by atoms with Crippen molar-refractivity contribution in [3.63, 3.8) is 0 Å². The van der Waals surface area contributed by atoms with E-state index in [4.69, 9.17) is 5.73 Å². The Balaban J connectivity index is 1.63. The summed E-state index contributed by atoms with van der Waals surface area (Å²) in [6, 6.07) is 24.5. The number of nitrogens with zero attached hydrogens (tertiary/aromatic N) is 4. The van der Waals surface area contributed by atoms with E-state index in [0.717, 1.165) is 37.9 Å². The lowest BCUT2D eigenvalue weighted by Crippen LogP contribution is -2.35. The molecule has 30 heavy (non-hydrogen) atoms. The number of nitrogens with two attached hydrogens (primary N) is 1. The number of aromatic nitrogens is 1. The highest BCUT2D eigenvalue weighted by molar-refractivity contribution is 5.85. The molecule has 0 unspecified atom stereocenters. The molecule has 1 aliphatic heterocycles. The molecule has 1 aromatic heterocycles. The van der Waals surface area contributed by atoms with Crippen molar-refractivity contribution in [2.45, 2.75) is 19.3 Å². The Labute approximate surface area is 177 Å². The SMILES string of the molecule is N#Cc1c(N)nc(N2CCC(Cc3ccccc3)CC2)c(C#N)c1-c1ccccc1. The molecule has 2 N–H and O–H groups in total. The first-order valence-corrected chi connectivity index (χ1v) is 10.2. The molecule has 5 heteroatoms. The number of pyridine rings is 1. The van der Waals surface area contributed by atoms with Crippen molar-refractivity contribution in [3.8, 4) is 23.3 Å². The first-order valence-electron chi connectivity index (χ1n) is 10.2. The van der Waals surface area contributed by atoms with Crippen LogP contribution in [0.5, 0.6) is 0 Å². The number of anilines is 2. The monoisotopic (exact) mass is 393 g/mol. The highest BCUT2D eigenvalue weighted by Crippen LogP contribution is 2.36. The highest BCUT2D eigenvalue weighted by Gasteiger charge is 2.26. The van der Waals surface area contributed by atoms with Crippen molar-refractivity contribution in [1.82, 2.24) is 4.98 Å². The Bertz CT molecular complexity index is 1100. The maximum absolute atomic E-state index is 9.98. The lowest BCUT2D eigenvalue weighted by Gasteiger charge is -2.34. The predicted molar refractivity (Wildman–Crippen MR) is 119 cm³/mol. The fraction of sp³-hybridized carbons (Fsp3) is 0.240. The second kappa shape index (κ2) is 8.68. The summed E-state index contributed by atoms with van der Waals surface area (Å²) in [6.07, 6.45) is 3.13. The topological polar surface area (TPSA) is 89.7 Å². The largest absolute Gasteiger partial charge is 0.383 e. The van der Waals surface area contributed by atoms with Gasteiger partial charge in [0.15, 0.2) is 0 Å². The second-order valence-corrected chi connectivity index (χ2v) is 7.66. The number of piperidine rings is 1. The molecule has 148 valence electrons. The van der Waals surface area contributed by atoms with E-state index in [0.29, 0.717) is 22.9 Å². The Hall–Kier alpha value is -3.83. The molecule has 2 aromatic carbocycles. The maximum atomic E-state index is 9.98. The number of hydrogen-bond donors (Lipinski definition) is 1. The van der Waals surface area contributed by atoms with Gasteiger partial charge in [-0.1, -0.05) is 60.7 Å². The van der Waals surface area contributed by atoms with Gasteiger partial charge < -0.3 is 10.6 Å². The molecular weight excluding hydrogens is 370 g/mol. The van der Waals surface area contributed by atoms with Crippen LogP contribution in [-0.4, -0.2) is 18.1 Å². The molecule has 1 saturated heterocycles. The summed E-state index contributed by atoms with van der Waals surface area (Å²) in [7, 11) is 0. The molecule has 0 radical (unpaired) electrons. The van der Waals surface area contributed by atoms with Crippen molar-refractivity contribution >= 4 is 11.6 Å². The lowest BCUT2D eigenvalue weighted by molar-refractivity contribution is 0.402. The number of nitriles is 2. The van der Waals surface area contributed by atoms with Crippen LogP contribution in [0.15, 0.2) is 60.7 Å². The summed E-state index contributed by atoms with van der Waals surface area (Å²) in [4.78, 5) is 6.64. The van der Waals surface area contributed by atoms with E-state index in [-0.39, 0.29) is 11.4 Å². The van der Waals surface area contributed by atoms with Crippen molar-refractivity contribution in [1.29, 1.82) is 10.5 Å². The summed E-state index contributed by atoms with van der Waals surface area (Å²) in [5, 5.41) is 19.6. The van der Waals surface area contributed by atoms with Gasteiger partial charge >= 0.3 is 0 Å². The number of rotatable bonds is 4. The Morgan fingerprint density at radius 2 is 1.50 bits per heavy atom. The molecule has 0 bridgehead atoms. The maximum Gasteiger partial charge on any atom is 0.149 e. The van der Waals surface area contributed by atoms with Crippen LogP contribution >= 0.6 is 0 Å². The molecule has 0 saturated carbocycles. The molecule has 0 spiro atoms. The van der Waals surface area contributed by atoms with Crippen LogP contribution < -0.4 is 10.6 Å². The smallest absolute Gasteiger partial charge is 0.149 e. The molecule has 2 heterocycles. The standard InChI is InChI=1S/C25H23N5/c26-16-21-23(20-9-5-2-6-10-20)22(17-27)25(29-24(21)28)30-13-11-19(12-14-30)15-18-7-3-1-4-8-18/h1-10,19H,11-15H2,(H2,28,29). The zero-order chi connectivity index (χ0) is 20.9. The van der Waals surface area contributed by atoms with Crippen molar-refractivity contribution in [2.75, 3.05) is 23.7 Å². The molecule has 1 fully saturated rings. The zero-order valence-electron chi connectivity index (χ0n) is 16.8. The molecule has 5 nitrogen and oxygen atoms in total. The molecule has 0 amide bonds. The first kappa shape index (κ1) is 19.5. The molecule has 4 rings (SSSR count). The van der Waals surface area contributed by atoms with Crippen LogP contribution in [0.1, 0.15) is 29.5 Å². The number of hydrogen-bond acceptors (Lipinski definition) is 5. The third kappa shape index (κ3) is 3.83. The summed E-state index contributed by atoms with van der Waals surface area (Å²) < 4.78 is 0. The summed E-state index contributed by atoms with van der Waals surface area (Å²) >= 11 is 0. The molecule has 1 aliphatic rings. The minimum absolute atomic E-state index is 0.178. The third-order valence-electron chi connectivity index (χ3n) is 5.77. The van der Waals surface area contributed by atoms with Crippen LogP contribution in [0, 0.1) is 28.6 Å². The summed E-state index contributed by atoms with van der Waals surface area (Å²) in [5.74, 6) is 1.38. The van der Waals surface area contributed by atoms with E-state index in [2.05, 4.69) is 46.3 Å². The van der Waals surface area contributed by atoms with Crippen LogP contribution in [0.4, 0.5) is 11.6 Å². The van der Waals surface area contributed by atoms with Gasteiger partial charge in [0.2, 0.25) is 0 Å². The molecule has 0 aliphatic carbocycles. The van der Waals surface area contributed by atoms with Gasteiger partial charge in [-0.15, -0.1) is 0 Å². The van der Waals surface area contributed by atoms with E-state index in [1.54, 1.807) is 0 Å². The first-order chi connectivity index (χ1) is 14.7. The van der Waals surface area contributed by atoms with Crippen molar-refractivity contribution < 1.29 is 0 Å². The fourth-order valence-corrected chi connectivity index (χ4v) is 4.23. The van der Waals surface area contributed by atoms with Gasteiger partial charge in [-0.25, -0.2) is 4.98 Å². The van der Waals surface area contributed by atoms with Gasteiger partial charge in [-0.3, -0.25) is 0 Å². The van der Waals surface area contributed by atoms with Gasteiger partial charge in [-0.2, -0.15) is 10.5 Å². The van der Waals surface area contributed by atoms with Gasteiger partial charge in [0.1, 0.15) is 34.9 Å². The quantitative estimate of drug-likeness (QED) is 0.703. The zero-order valence-corrected chi connectivity index (χ0v) is 16.8. The van der Waals surface area contributed by atoms with Gasteiger partial charge in [0, 0.05) is 18.7 Å². The Kier molecular flexibility index (Phi) is 5.63. The van der Waals surface area contributed by atoms with Gasteiger partial charge in [0.25, 0.3) is 0 Å².